The van der Waals surface area contributed by atoms with Crippen molar-refractivity contribution in [2.45, 2.75) is 32.3 Å². The maximum absolute atomic E-state index is 13.0. The van der Waals surface area contributed by atoms with E-state index >= 15 is 0 Å². The van der Waals surface area contributed by atoms with Crippen molar-refractivity contribution < 1.29 is 9.50 Å². The number of aromatic nitrogens is 2. The number of halogens is 3. The van der Waals surface area contributed by atoms with E-state index in [9.17, 15) is 9.50 Å². The van der Waals surface area contributed by atoms with E-state index in [-0.39, 0.29) is 5.82 Å². The van der Waals surface area contributed by atoms with Crippen LogP contribution in [0.15, 0.2) is 18.2 Å². The van der Waals surface area contributed by atoms with Crippen molar-refractivity contribution in [2.24, 2.45) is 7.05 Å². The van der Waals surface area contributed by atoms with Crippen molar-refractivity contribution in [3.63, 3.8) is 0 Å². The van der Waals surface area contributed by atoms with E-state index in [2.05, 4.69) is 5.10 Å². The van der Waals surface area contributed by atoms with E-state index in [0.717, 1.165) is 17.8 Å². The molecule has 0 bridgehead atoms. The Balaban J connectivity index is 2.11. The lowest BCUT2D eigenvalue weighted by atomic mass is 10.0. The Morgan fingerprint density at radius 3 is 2.62 bits per heavy atom. The molecule has 1 N–H and O–H groups in total. The molecule has 1 aromatic heterocycles. The molecule has 0 aliphatic heterocycles. The lowest BCUT2D eigenvalue weighted by Gasteiger charge is -2.12. The van der Waals surface area contributed by atoms with Gasteiger partial charge in [-0.1, -0.05) is 36.2 Å². The summed E-state index contributed by atoms with van der Waals surface area (Å²) in [6.07, 6.45) is 0.788. The number of aliphatic hydroxyl groups excluding tert-OH is 1. The molecule has 0 saturated carbocycles. The maximum Gasteiger partial charge on any atom is 0.124 e. The highest BCUT2D eigenvalue weighted by molar-refractivity contribution is 6.32. The van der Waals surface area contributed by atoms with Gasteiger partial charge < -0.3 is 5.11 Å². The molecule has 2 rings (SSSR count). The number of rotatable bonds is 5. The van der Waals surface area contributed by atoms with Crippen LogP contribution in [0.1, 0.15) is 23.9 Å². The highest BCUT2D eigenvalue weighted by Gasteiger charge is 2.17. The summed E-state index contributed by atoms with van der Waals surface area (Å²) >= 11 is 12.2. The first-order valence-corrected chi connectivity index (χ1v) is 7.50. The number of aryl methyl sites for hydroxylation is 2. The Bertz CT molecular complexity index is 643. The molecular weight excluding hydrogens is 314 g/mol. The van der Waals surface area contributed by atoms with Crippen LogP contribution in [-0.2, 0) is 26.3 Å². The highest BCUT2D eigenvalue weighted by Crippen LogP contribution is 2.24. The fourth-order valence-corrected chi connectivity index (χ4v) is 2.89. The Kier molecular flexibility index (Phi) is 5.25. The lowest BCUT2D eigenvalue weighted by Crippen LogP contribution is -2.16. The number of benzene rings is 1. The molecule has 3 nitrogen and oxygen atoms in total. The van der Waals surface area contributed by atoms with Gasteiger partial charge >= 0.3 is 0 Å². The number of hydrogen-bond donors (Lipinski definition) is 1. The molecule has 0 radical (unpaired) electrons. The molecule has 1 unspecified atom stereocenters. The molecule has 1 aromatic carbocycles. The van der Waals surface area contributed by atoms with E-state index in [1.54, 1.807) is 17.8 Å². The molecule has 0 spiro atoms. The number of hydrogen-bond acceptors (Lipinski definition) is 2. The Hall–Kier alpha value is -1.10. The third kappa shape index (κ3) is 3.76. The normalized spacial score (nSPS) is 12.7. The SMILES string of the molecule is CCc1nn(C)c(CC(O)Cc2ccc(F)cc2Cl)c1Cl. The van der Waals surface area contributed by atoms with Crippen molar-refractivity contribution in [2.75, 3.05) is 0 Å². The molecule has 0 amide bonds. The monoisotopic (exact) mass is 330 g/mol. The van der Waals surface area contributed by atoms with E-state index in [1.165, 1.54) is 12.1 Å². The number of nitrogens with zero attached hydrogens (tertiary/aromatic N) is 2. The van der Waals surface area contributed by atoms with Gasteiger partial charge in [0.05, 0.1) is 22.5 Å². The second-order valence-electron chi connectivity index (χ2n) is 4.98. The summed E-state index contributed by atoms with van der Waals surface area (Å²) in [5.74, 6) is -0.388. The summed E-state index contributed by atoms with van der Waals surface area (Å²) in [7, 11) is 1.80. The Morgan fingerprint density at radius 1 is 1.33 bits per heavy atom. The van der Waals surface area contributed by atoms with Crippen LogP contribution in [0, 0.1) is 5.82 Å². The molecule has 1 atom stereocenters. The van der Waals surface area contributed by atoms with Gasteiger partial charge in [-0.15, -0.1) is 0 Å². The quantitative estimate of drug-likeness (QED) is 0.909. The first-order chi connectivity index (χ1) is 9.92. The molecule has 1 heterocycles. The van der Waals surface area contributed by atoms with Gasteiger partial charge in [0, 0.05) is 24.9 Å². The molecule has 2 aromatic rings. The smallest absolute Gasteiger partial charge is 0.124 e. The molecule has 0 saturated heterocycles. The topological polar surface area (TPSA) is 38.0 Å². The second kappa shape index (κ2) is 6.77. The standard InChI is InChI=1S/C15H17Cl2FN2O/c1-3-13-15(17)14(20(2)19-13)8-11(21)6-9-4-5-10(18)7-12(9)16/h4-5,7,11,21H,3,6,8H2,1-2H3. The van der Waals surface area contributed by atoms with Crippen molar-refractivity contribution in [1.29, 1.82) is 0 Å². The zero-order chi connectivity index (χ0) is 15.6. The third-order valence-electron chi connectivity index (χ3n) is 3.40. The summed E-state index contributed by atoms with van der Waals surface area (Å²) in [5, 5.41) is 15.5. The first-order valence-electron chi connectivity index (χ1n) is 6.74. The van der Waals surface area contributed by atoms with Crippen molar-refractivity contribution in [3.8, 4) is 0 Å². The fourth-order valence-electron chi connectivity index (χ4n) is 2.28. The molecule has 6 heteroatoms. The fraction of sp³-hybridized carbons (Fsp3) is 0.400. The van der Waals surface area contributed by atoms with Gasteiger partial charge in [0.2, 0.25) is 0 Å². The summed E-state index contributed by atoms with van der Waals surface area (Å²) in [5.41, 5.74) is 2.32. The van der Waals surface area contributed by atoms with E-state index in [1.807, 2.05) is 6.92 Å². The molecule has 0 aliphatic rings. The first kappa shape index (κ1) is 16.3. The average molecular weight is 331 g/mol. The van der Waals surface area contributed by atoms with Crippen LogP contribution < -0.4 is 0 Å². The summed E-state index contributed by atoms with van der Waals surface area (Å²) in [6, 6.07) is 4.17. The van der Waals surface area contributed by atoms with Gasteiger partial charge in [-0.05, 0) is 24.1 Å². The second-order valence-corrected chi connectivity index (χ2v) is 5.77. The zero-order valence-electron chi connectivity index (χ0n) is 11.9. The molecule has 0 fully saturated rings. The predicted octanol–water partition coefficient (Wildman–Crippen LogP) is 3.57. The van der Waals surface area contributed by atoms with Crippen LogP contribution in [-0.4, -0.2) is 21.0 Å². The highest BCUT2D eigenvalue weighted by atomic mass is 35.5. The van der Waals surface area contributed by atoms with Gasteiger partial charge in [-0.2, -0.15) is 5.10 Å². The summed E-state index contributed by atoms with van der Waals surface area (Å²) in [6.45, 7) is 1.98. The molecular formula is C15H17Cl2FN2O. The van der Waals surface area contributed by atoms with E-state index in [0.29, 0.717) is 28.5 Å². The lowest BCUT2D eigenvalue weighted by molar-refractivity contribution is 0.173. The molecule has 21 heavy (non-hydrogen) atoms. The van der Waals surface area contributed by atoms with Gasteiger partial charge in [0.1, 0.15) is 5.82 Å². The van der Waals surface area contributed by atoms with Crippen LogP contribution in [0.5, 0.6) is 0 Å². The Labute approximate surface area is 133 Å². The van der Waals surface area contributed by atoms with Crippen LogP contribution in [0.3, 0.4) is 0 Å². The van der Waals surface area contributed by atoms with Crippen LogP contribution in [0.4, 0.5) is 4.39 Å². The summed E-state index contributed by atoms with van der Waals surface area (Å²) < 4.78 is 14.7. The average Bonchev–Trinajstić information content (AvgIpc) is 2.69. The van der Waals surface area contributed by atoms with E-state index < -0.39 is 6.10 Å². The summed E-state index contributed by atoms with van der Waals surface area (Å²) in [4.78, 5) is 0. The minimum atomic E-state index is -0.662. The van der Waals surface area contributed by atoms with E-state index in [4.69, 9.17) is 23.2 Å². The Morgan fingerprint density at radius 2 is 2.05 bits per heavy atom. The third-order valence-corrected chi connectivity index (χ3v) is 4.19. The largest absolute Gasteiger partial charge is 0.392 e. The van der Waals surface area contributed by atoms with Crippen molar-refractivity contribution in [3.05, 3.63) is 51.0 Å². The molecule has 0 aliphatic carbocycles. The van der Waals surface area contributed by atoms with Crippen molar-refractivity contribution in [1.82, 2.24) is 9.78 Å². The zero-order valence-corrected chi connectivity index (χ0v) is 13.4. The van der Waals surface area contributed by atoms with Gasteiger partial charge in [0.25, 0.3) is 0 Å². The molecule has 114 valence electrons. The predicted molar refractivity (Wildman–Crippen MR) is 82.4 cm³/mol. The van der Waals surface area contributed by atoms with Gasteiger partial charge in [-0.25, -0.2) is 4.39 Å². The number of aliphatic hydroxyl groups is 1. The minimum absolute atomic E-state index is 0.319. The van der Waals surface area contributed by atoms with Crippen LogP contribution >= 0.6 is 23.2 Å². The van der Waals surface area contributed by atoms with Crippen molar-refractivity contribution >= 4 is 23.2 Å². The van der Waals surface area contributed by atoms with Gasteiger partial charge in [0.15, 0.2) is 0 Å². The minimum Gasteiger partial charge on any atom is -0.392 e. The van der Waals surface area contributed by atoms with Crippen LogP contribution in [0.25, 0.3) is 0 Å². The van der Waals surface area contributed by atoms with Crippen LogP contribution in [0.2, 0.25) is 10.0 Å². The van der Waals surface area contributed by atoms with Gasteiger partial charge in [-0.3, -0.25) is 4.68 Å². The maximum atomic E-state index is 13.0.